The van der Waals surface area contributed by atoms with Gasteiger partial charge in [-0.05, 0) is 58.2 Å². The Balaban J connectivity index is 1.94. The average Bonchev–Trinajstić information content (AvgIpc) is 2.55. The maximum absolute atomic E-state index is 12.1. The Morgan fingerprint density at radius 3 is 2.52 bits per heavy atom. The monoisotopic (exact) mass is 424 g/mol. The van der Waals surface area contributed by atoms with Crippen LogP contribution in [0.2, 0.25) is 5.02 Å². The van der Waals surface area contributed by atoms with Crippen molar-refractivity contribution in [2.24, 2.45) is 0 Å². The van der Waals surface area contributed by atoms with E-state index in [-0.39, 0.29) is 11.8 Å². The summed E-state index contributed by atoms with van der Waals surface area (Å²) in [5.74, 6) is 0.430. The number of hydrogen-bond donors (Lipinski definition) is 2. The molecular formula is C18H18BrClN2O3. The highest BCUT2D eigenvalue weighted by Crippen LogP contribution is 2.27. The summed E-state index contributed by atoms with van der Waals surface area (Å²) >= 11 is 9.57. The predicted octanol–water partition coefficient (Wildman–Crippen LogP) is 4.64. The molecule has 0 atom stereocenters. The molecule has 0 saturated carbocycles. The number of anilines is 2. The first kappa shape index (κ1) is 19.3. The molecule has 2 amide bonds. The van der Waals surface area contributed by atoms with Crippen molar-refractivity contribution in [1.29, 1.82) is 0 Å². The molecule has 0 heterocycles. The SMILES string of the molecule is COc1ccc(CCC(=O)Nc2ccc(NC(C)=O)cc2Cl)cc1Br. The van der Waals surface area contributed by atoms with Crippen LogP contribution >= 0.6 is 27.5 Å². The van der Waals surface area contributed by atoms with Crippen molar-refractivity contribution in [2.45, 2.75) is 19.8 Å². The van der Waals surface area contributed by atoms with Crippen molar-refractivity contribution in [3.05, 3.63) is 51.5 Å². The van der Waals surface area contributed by atoms with Gasteiger partial charge >= 0.3 is 0 Å². The third-order valence-electron chi connectivity index (χ3n) is 3.42. The van der Waals surface area contributed by atoms with Gasteiger partial charge in [-0.3, -0.25) is 9.59 Å². The fourth-order valence-electron chi connectivity index (χ4n) is 2.23. The number of carbonyl (C=O) groups excluding carboxylic acids is 2. The smallest absolute Gasteiger partial charge is 0.224 e. The second-order valence-corrected chi connectivity index (χ2v) is 6.65. The van der Waals surface area contributed by atoms with Crippen LogP contribution in [0, 0.1) is 0 Å². The molecule has 0 fully saturated rings. The van der Waals surface area contributed by atoms with Gasteiger partial charge in [0.05, 0.1) is 22.3 Å². The Hall–Kier alpha value is -2.05. The molecule has 132 valence electrons. The van der Waals surface area contributed by atoms with Gasteiger partial charge in [0.1, 0.15) is 5.75 Å². The van der Waals surface area contributed by atoms with Crippen molar-refractivity contribution in [3.8, 4) is 5.75 Å². The van der Waals surface area contributed by atoms with E-state index in [0.29, 0.717) is 29.2 Å². The van der Waals surface area contributed by atoms with Gasteiger partial charge < -0.3 is 15.4 Å². The van der Waals surface area contributed by atoms with Gasteiger partial charge in [-0.25, -0.2) is 0 Å². The summed E-state index contributed by atoms with van der Waals surface area (Å²) in [6.07, 6.45) is 0.915. The Kier molecular flexibility index (Phi) is 6.84. The third kappa shape index (κ3) is 5.76. The fraction of sp³-hybridized carbons (Fsp3) is 0.222. The molecule has 0 bridgehead atoms. The Morgan fingerprint density at radius 1 is 1.16 bits per heavy atom. The molecule has 7 heteroatoms. The lowest BCUT2D eigenvalue weighted by Gasteiger charge is -2.10. The van der Waals surface area contributed by atoms with E-state index in [4.69, 9.17) is 16.3 Å². The first-order valence-corrected chi connectivity index (χ1v) is 8.75. The summed E-state index contributed by atoms with van der Waals surface area (Å²) in [6.45, 7) is 1.42. The lowest BCUT2D eigenvalue weighted by atomic mass is 10.1. The first-order valence-electron chi connectivity index (χ1n) is 7.58. The number of ether oxygens (including phenoxy) is 1. The van der Waals surface area contributed by atoms with Crippen molar-refractivity contribution in [2.75, 3.05) is 17.7 Å². The van der Waals surface area contributed by atoms with Crippen molar-refractivity contribution >= 4 is 50.7 Å². The quantitative estimate of drug-likeness (QED) is 0.708. The number of aryl methyl sites for hydroxylation is 1. The minimum Gasteiger partial charge on any atom is -0.496 e. The summed E-state index contributed by atoms with van der Waals surface area (Å²) in [6, 6.07) is 10.7. The molecule has 5 nitrogen and oxygen atoms in total. The van der Waals surface area contributed by atoms with E-state index >= 15 is 0 Å². The molecule has 0 aliphatic carbocycles. The number of rotatable bonds is 6. The van der Waals surface area contributed by atoms with Crippen LogP contribution in [0.1, 0.15) is 18.9 Å². The van der Waals surface area contributed by atoms with Gasteiger partial charge in [0.25, 0.3) is 0 Å². The van der Waals surface area contributed by atoms with Crippen molar-refractivity contribution in [3.63, 3.8) is 0 Å². The summed E-state index contributed by atoms with van der Waals surface area (Å²) in [4.78, 5) is 23.2. The zero-order valence-electron chi connectivity index (χ0n) is 13.9. The summed E-state index contributed by atoms with van der Waals surface area (Å²) in [7, 11) is 1.61. The highest BCUT2D eigenvalue weighted by molar-refractivity contribution is 9.10. The minimum absolute atomic E-state index is 0.138. The maximum atomic E-state index is 12.1. The van der Waals surface area contributed by atoms with Crippen LogP contribution in [0.4, 0.5) is 11.4 Å². The molecule has 0 radical (unpaired) electrons. The lowest BCUT2D eigenvalue weighted by molar-refractivity contribution is -0.116. The highest BCUT2D eigenvalue weighted by atomic mass is 79.9. The molecule has 25 heavy (non-hydrogen) atoms. The molecule has 2 N–H and O–H groups in total. The van der Waals surface area contributed by atoms with Gasteiger partial charge in [0, 0.05) is 19.0 Å². The van der Waals surface area contributed by atoms with E-state index in [0.717, 1.165) is 15.8 Å². The molecule has 0 saturated heterocycles. The Morgan fingerprint density at radius 2 is 1.92 bits per heavy atom. The van der Waals surface area contributed by atoms with Crippen LogP contribution in [0.25, 0.3) is 0 Å². The summed E-state index contributed by atoms with van der Waals surface area (Å²) < 4.78 is 6.04. The second-order valence-electron chi connectivity index (χ2n) is 5.39. The molecule has 0 aromatic heterocycles. The van der Waals surface area contributed by atoms with E-state index in [1.165, 1.54) is 6.92 Å². The number of hydrogen-bond acceptors (Lipinski definition) is 3. The fourth-order valence-corrected chi connectivity index (χ4v) is 3.05. The normalized spacial score (nSPS) is 10.2. The van der Waals surface area contributed by atoms with Crippen LogP contribution in [-0.4, -0.2) is 18.9 Å². The predicted molar refractivity (Wildman–Crippen MR) is 103 cm³/mol. The molecular weight excluding hydrogens is 408 g/mol. The number of carbonyl (C=O) groups is 2. The Labute approximate surface area is 159 Å². The number of halogens is 2. The molecule has 2 aromatic rings. The molecule has 2 rings (SSSR count). The van der Waals surface area contributed by atoms with Gasteiger partial charge in [-0.1, -0.05) is 17.7 Å². The van der Waals surface area contributed by atoms with Gasteiger partial charge in [0.2, 0.25) is 11.8 Å². The Bertz CT molecular complexity index is 796. The van der Waals surface area contributed by atoms with E-state index in [1.54, 1.807) is 25.3 Å². The number of benzene rings is 2. The van der Waals surface area contributed by atoms with E-state index in [1.807, 2.05) is 18.2 Å². The van der Waals surface area contributed by atoms with Crippen molar-refractivity contribution < 1.29 is 14.3 Å². The molecule has 2 aromatic carbocycles. The van der Waals surface area contributed by atoms with Gasteiger partial charge in [0.15, 0.2) is 0 Å². The largest absolute Gasteiger partial charge is 0.496 e. The number of methoxy groups -OCH3 is 1. The standard InChI is InChI=1S/C18H18BrClN2O3/c1-11(23)21-13-5-6-16(15(20)10-13)22-18(24)8-4-12-3-7-17(25-2)14(19)9-12/h3,5-7,9-10H,4,8H2,1-2H3,(H,21,23)(H,22,24). The molecule has 0 unspecified atom stereocenters. The van der Waals surface area contributed by atoms with Crippen LogP contribution in [0.15, 0.2) is 40.9 Å². The van der Waals surface area contributed by atoms with Crippen LogP contribution < -0.4 is 15.4 Å². The van der Waals surface area contributed by atoms with Crippen LogP contribution in [0.3, 0.4) is 0 Å². The highest BCUT2D eigenvalue weighted by Gasteiger charge is 2.09. The zero-order chi connectivity index (χ0) is 18.4. The summed E-state index contributed by atoms with van der Waals surface area (Å²) in [5, 5.41) is 5.78. The first-order chi connectivity index (χ1) is 11.9. The third-order valence-corrected chi connectivity index (χ3v) is 4.35. The van der Waals surface area contributed by atoms with E-state index in [2.05, 4.69) is 26.6 Å². The number of nitrogens with one attached hydrogen (secondary N) is 2. The van der Waals surface area contributed by atoms with Gasteiger partial charge in [-0.15, -0.1) is 0 Å². The molecule has 0 spiro atoms. The van der Waals surface area contributed by atoms with E-state index < -0.39 is 0 Å². The van der Waals surface area contributed by atoms with Crippen LogP contribution in [0.5, 0.6) is 5.75 Å². The lowest BCUT2D eigenvalue weighted by Crippen LogP contribution is -2.13. The summed E-state index contributed by atoms with van der Waals surface area (Å²) in [5.41, 5.74) is 2.12. The second kappa shape index (κ2) is 8.87. The van der Waals surface area contributed by atoms with E-state index in [9.17, 15) is 9.59 Å². The van der Waals surface area contributed by atoms with Crippen LogP contribution in [-0.2, 0) is 16.0 Å². The average molecular weight is 426 g/mol. The maximum Gasteiger partial charge on any atom is 0.224 e. The van der Waals surface area contributed by atoms with Crippen molar-refractivity contribution in [1.82, 2.24) is 0 Å². The minimum atomic E-state index is -0.182. The zero-order valence-corrected chi connectivity index (χ0v) is 16.2. The molecule has 0 aliphatic heterocycles. The van der Waals surface area contributed by atoms with Gasteiger partial charge in [-0.2, -0.15) is 0 Å². The number of amides is 2. The molecule has 0 aliphatic rings. The topological polar surface area (TPSA) is 67.4 Å².